The molecule has 0 radical (unpaired) electrons. The minimum atomic E-state index is -0.562. The van der Waals surface area contributed by atoms with E-state index in [2.05, 4.69) is 5.32 Å². The van der Waals surface area contributed by atoms with Gasteiger partial charge in [0.25, 0.3) is 0 Å². The standard InChI is InChI=1S/C18H28ClN3O3/c1-17(2,3)22(16(24)25-18(4,5)6)10-9-21-14-11-12(15(20)23)7-8-13(14)19/h7-8,11,21H,9-10H2,1-6H3,(H2,20,23). The summed E-state index contributed by atoms with van der Waals surface area (Å²) in [6, 6.07) is 4.77. The fourth-order valence-corrected chi connectivity index (χ4v) is 2.32. The van der Waals surface area contributed by atoms with Gasteiger partial charge in [-0.3, -0.25) is 4.79 Å². The van der Waals surface area contributed by atoms with Crippen molar-refractivity contribution < 1.29 is 14.3 Å². The Hall–Kier alpha value is -1.95. The van der Waals surface area contributed by atoms with Crippen LogP contribution in [0.2, 0.25) is 5.02 Å². The van der Waals surface area contributed by atoms with Crippen LogP contribution in [0.15, 0.2) is 18.2 Å². The number of hydrogen-bond donors (Lipinski definition) is 2. The summed E-state index contributed by atoms with van der Waals surface area (Å²) in [5.41, 5.74) is 5.28. The summed E-state index contributed by atoms with van der Waals surface area (Å²) < 4.78 is 5.48. The number of rotatable bonds is 5. The minimum Gasteiger partial charge on any atom is -0.444 e. The number of halogens is 1. The van der Waals surface area contributed by atoms with E-state index >= 15 is 0 Å². The highest BCUT2D eigenvalue weighted by molar-refractivity contribution is 6.33. The molecule has 0 aliphatic rings. The molecule has 6 nitrogen and oxygen atoms in total. The van der Waals surface area contributed by atoms with E-state index in [4.69, 9.17) is 22.1 Å². The number of ether oxygens (including phenoxy) is 1. The summed E-state index contributed by atoms with van der Waals surface area (Å²) >= 11 is 6.14. The Balaban J connectivity index is 2.80. The topological polar surface area (TPSA) is 84.7 Å². The van der Waals surface area contributed by atoms with Crippen molar-refractivity contribution in [3.63, 3.8) is 0 Å². The number of anilines is 1. The first-order valence-electron chi connectivity index (χ1n) is 8.15. The van der Waals surface area contributed by atoms with Gasteiger partial charge in [0.2, 0.25) is 5.91 Å². The van der Waals surface area contributed by atoms with Crippen molar-refractivity contribution in [3.8, 4) is 0 Å². The van der Waals surface area contributed by atoms with E-state index in [1.54, 1.807) is 23.1 Å². The molecule has 1 rings (SSSR count). The highest BCUT2D eigenvalue weighted by atomic mass is 35.5. The molecule has 7 heteroatoms. The molecule has 0 heterocycles. The molecule has 0 aromatic heterocycles. The number of nitrogens with two attached hydrogens (primary N) is 1. The van der Waals surface area contributed by atoms with E-state index in [0.717, 1.165) is 0 Å². The normalized spacial score (nSPS) is 11.8. The molecular weight excluding hydrogens is 342 g/mol. The summed E-state index contributed by atoms with van der Waals surface area (Å²) in [5.74, 6) is -0.523. The molecule has 25 heavy (non-hydrogen) atoms. The van der Waals surface area contributed by atoms with Crippen LogP contribution in [-0.4, -0.2) is 41.1 Å². The third-order valence-corrected chi connectivity index (χ3v) is 3.65. The SMILES string of the molecule is CC(C)(C)OC(=O)N(CCNc1cc(C(N)=O)ccc1Cl)C(C)(C)C. The zero-order valence-corrected chi connectivity index (χ0v) is 16.5. The van der Waals surface area contributed by atoms with Gasteiger partial charge in [0.05, 0.1) is 10.7 Å². The number of nitrogens with one attached hydrogen (secondary N) is 1. The van der Waals surface area contributed by atoms with Crippen molar-refractivity contribution >= 4 is 29.3 Å². The number of carbonyl (C=O) groups is 2. The van der Waals surface area contributed by atoms with Gasteiger partial charge in [-0.25, -0.2) is 4.79 Å². The molecule has 0 aliphatic carbocycles. The van der Waals surface area contributed by atoms with Gasteiger partial charge in [-0.1, -0.05) is 11.6 Å². The van der Waals surface area contributed by atoms with Crippen LogP contribution in [0, 0.1) is 0 Å². The van der Waals surface area contributed by atoms with Gasteiger partial charge >= 0.3 is 6.09 Å². The van der Waals surface area contributed by atoms with Crippen LogP contribution in [0.1, 0.15) is 51.9 Å². The van der Waals surface area contributed by atoms with Gasteiger partial charge in [0, 0.05) is 24.2 Å². The number of benzene rings is 1. The summed E-state index contributed by atoms with van der Waals surface area (Å²) in [5, 5.41) is 3.62. The number of nitrogens with zero attached hydrogens (tertiary/aromatic N) is 1. The van der Waals surface area contributed by atoms with Crippen LogP contribution < -0.4 is 11.1 Å². The molecule has 0 spiro atoms. The Morgan fingerprint density at radius 3 is 2.28 bits per heavy atom. The smallest absolute Gasteiger partial charge is 0.410 e. The summed E-state index contributed by atoms with van der Waals surface area (Å²) in [6.45, 7) is 12.2. The Bertz CT molecular complexity index is 633. The largest absolute Gasteiger partial charge is 0.444 e. The van der Waals surface area contributed by atoms with Crippen LogP contribution in [0.4, 0.5) is 10.5 Å². The molecule has 0 saturated carbocycles. The van der Waals surface area contributed by atoms with Gasteiger partial charge in [-0.05, 0) is 59.7 Å². The predicted molar refractivity (Wildman–Crippen MR) is 101 cm³/mol. The molecule has 140 valence electrons. The van der Waals surface area contributed by atoms with Crippen LogP contribution >= 0.6 is 11.6 Å². The maximum atomic E-state index is 12.4. The predicted octanol–water partition coefficient (Wildman–Crippen LogP) is 3.89. The van der Waals surface area contributed by atoms with E-state index in [1.165, 1.54) is 0 Å². The molecule has 0 unspecified atom stereocenters. The van der Waals surface area contributed by atoms with Crippen molar-refractivity contribution in [3.05, 3.63) is 28.8 Å². The zero-order valence-electron chi connectivity index (χ0n) is 15.8. The van der Waals surface area contributed by atoms with Gasteiger partial charge in [-0.15, -0.1) is 0 Å². The monoisotopic (exact) mass is 369 g/mol. The summed E-state index contributed by atoms with van der Waals surface area (Å²) in [6.07, 6.45) is -0.376. The third kappa shape index (κ3) is 6.82. The molecule has 0 saturated heterocycles. The van der Waals surface area contributed by atoms with Gasteiger partial charge in [0.1, 0.15) is 5.60 Å². The zero-order chi connectivity index (χ0) is 19.4. The Morgan fingerprint density at radius 2 is 1.80 bits per heavy atom. The molecule has 0 atom stereocenters. The fraction of sp³-hybridized carbons (Fsp3) is 0.556. The minimum absolute atomic E-state index is 0.367. The first-order chi connectivity index (χ1) is 11.3. The second-order valence-electron chi connectivity index (χ2n) is 7.79. The van der Waals surface area contributed by atoms with E-state index < -0.39 is 17.0 Å². The van der Waals surface area contributed by atoms with Crippen molar-refractivity contribution in [1.82, 2.24) is 4.90 Å². The molecule has 0 fully saturated rings. The lowest BCUT2D eigenvalue weighted by Crippen LogP contribution is -2.49. The number of carbonyl (C=O) groups excluding carboxylic acids is 2. The third-order valence-electron chi connectivity index (χ3n) is 3.33. The average Bonchev–Trinajstić information content (AvgIpc) is 2.41. The van der Waals surface area contributed by atoms with E-state index in [0.29, 0.717) is 29.4 Å². The fourth-order valence-electron chi connectivity index (χ4n) is 2.13. The molecule has 0 bridgehead atoms. The molecule has 0 aliphatic heterocycles. The Morgan fingerprint density at radius 1 is 1.20 bits per heavy atom. The van der Waals surface area contributed by atoms with Crippen molar-refractivity contribution in [2.24, 2.45) is 5.73 Å². The molecular formula is C18H28ClN3O3. The number of hydrogen-bond acceptors (Lipinski definition) is 4. The van der Waals surface area contributed by atoms with Crippen molar-refractivity contribution in [2.45, 2.75) is 52.7 Å². The number of primary amides is 1. The molecule has 2 amide bonds. The van der Waals surface area contributed by atoms with Crippen molar-refractivity contribution in [1.29, 1.82) is 0 Å². The van der Waals surface area contributed by atoms with E-state index in [9.17, 15) is 9.59 Å². The van der Waals surface area contributed by atoms with Crippen LogP contribution in [-0.2, 0) is 4.74 Å². The number of amides is 2. The first kappa shape index (κ1) is 21.1. The first-order valence-corrected chi connectivity index (χ1v) is 8.53. The summed E-state index contributed by atoms with van der Waals surface area (Å²) in [4.78, 5) is 25.4. The lowest BCUT2D eigenvalue weighted by atomic mass is 10.1. The Labute approximate surface area is 154 Å². The van der Waals surface area contributed by atoms with Crippen LogP contribution in [0.3, 0.4) is 0 Å². The molecule has 1 aromatic carbocycles. The lowest BCUT2D eigenvalue weighted by Gasteiger charge is -2.37. The Kier molecular flexibility index (Phi) is 6.71. The quantitative estimate of drug-likeness (QED) is 0.824. The second kappa shape index (κ2) is 7.95. The summed E-state index contributed by atoms with van der Waals surface area (Å²) in [7, 11) is 0. The van der Waals surface area contributed by atoms with E-state index in [1.807, 2.05) is 41.5 Å². The lowest BCUT2D eigenvalue weighted by molar-refractivity contribution is 0.00748. The van der Waals surface area contributed by atoms with Gasteiger partial charge in [-0.2, -0.15) is 0 Å². The molecule has 1 aromatic rings. The van der Waals surface area contributed by atoms with Gasteiger partial charge < -0.3 is 20.7 Å². The maximum Gasteiger partial charge on any atom is 0.410 e. The van der Waals surface area contributed by atoms with Crippen molar-refractivity contribution in [2.75, 3.05) is 18.4 Å². The van der Waals surface area contributed by atoms with Gasteiger partial charge in [0.15, 0.2) is 0 Å². The highest BCUT2D eigenvalue weighted by Crippen LogP contribution is 2.23. The molecule has 3 N–H and O–H groups in total. The van der Waals surface area contributed by atoms with Crippen LogP contribution in [0.5, 0.6) is 0 Å². The van der Waals surface area contributed by atoms with E-state index in [-0.39, 0.29) is 6.09 Å². The van der Waals surface area contributed by atoms with Crippen LogP contribution in [0.25, 0.3) is 0 Å². The average molecular weight is 370 g/mol. The maximum absolute atomic E-state index is 12.4. The highest BCUT2D eigenvalue weighted by Gasteiger charge is 2.30. The second-order valence-corrected chi connectivity index (χ2v) is 8.20.